The zero-order valence-electron chi connectivity index (χ0n) is 12.0. The smallest absolute Gasteiger partial charge is 0.242 e. The van der Waals surface area contributed by atoms with E-state index in [-0.39, 0.29) is 12.5 Å². The molecule has 20 heavy (non-hydrogen) atoms. The standard InChI is InChI=1S/C15H21FN2O2/c1-11(19)12-6-5-7-13(16)15(12)17(2)10-14(20)18-8-3-4-9-18/h5-7,11,19H,3-4,8-10H2,1-2H3/t11-/m0/s1. The normalized spacial score (nSPS) is 16.3. The molecule has 4 nitrogen and oxygen atoms in total. The Balaban J connectivity index is 2.16. The largest absolute Gasteiger partial charge is 0.389 e. The van der Waals surface area contributed by atoms with E-state index in [1.807, 2.05) is 0 Å². The van der Waals surface area contributed by atoms with Gasteiger partial charge in [-0.2, -0.15) is 0 Å². The molecule has 1 aliphatic heterocycles. The van der Waals surface area contributed by atoms with Crippen LogP contribution in [0.25, 0.3) is 0 Å². The van der Waals surface area contributed by atoms with Crippen molar-refractivity contribution in [3.05, 3.63) is 29.6 Å². The summed E-state index contributed by atoms with van der Waals surface area (Å²) in [5.41, 5.74) is 0.803. The number of anilines is 1. The Morgan fingerprint density at radius 1 is 1.45 bits per heavy atom. The minimum atomic E-state index is -0.773. The average Bonchev–Trinajstić information content (AvgIpc) is 2.91. The van der Waals surface area contributed by atoms with Crippen molar-refractivity contribution in [2.45, 2.75) is 25.9 Å². The van der Waals surface area contributed by atoms with E-state index < -0.39 is 11.9 Å². The summed E-state index contributed by atoms with van der Waals surface area (Å²) >= 11 is 0. The molecule has 1 atom stereocenters. The zero-order valence-corrected chi connectivity index (χ0v) is 12.0. The third-order valence-corrected chi connectivity index (χ3v) is 3.68. The van der Waals surface area contributed by atoms with Gasteiger partial charge in [0, 0.05) is 25.7 Å². The topological polar surface area (TPSA) is 43.8 Å². The summed E-state index contributed by atoms with van der Waals surface area (Å²) in [5, 5.41) is 9.73. The van der Waals surface area contributed by atoms with Crippen LogP contribution in [0.1, 0.15) is 31.4 Å². The molecule has 5 heteroatoms. The highest BCUT2D eigenvalue weighted by Gasteiger charge is 2.22. The lowest BCUT2D eigenvalue weighted by atomic mass is 10.1. The third kappa shape index (κ3) is 3.10. The molecule has 0 spiro atoms. The molecule has 1 fully saturated rings. The van der Waals surface area contributed by atoms with Gasteiger partial charge >= 0.3 is 0 Å². The van der Waals surface area contributed by atoms with Crippen LogP contribution in [0.15, 0.2) is 18.2 Å². The molecule has 1 saturated heterocycles. The minimum Gasteiger partial charge on any atom is -0.389 e. The predicted octanol–water partition coefficient (Wildman–Crippen LogP) is 1.94. The second-order valence-corrected chi connectivity index (χ2v) is 5.30. The Kier molecular flexibility index (Phi) is 4.60. The molecule has 0 radical (unpaired) electrons. The molecule has 1 heterocycles. The number of aliphatic hydroxyl groups excluding tert-OH is 1. The highest BCUT2D eigenvalue weighted by Crippen LogP contribution is 2.28. The highest BCUT2D eigenvalue weighted by molar-refractivity contribution is 5.82. The van der Waals surface area contributed by atoms with Crippen LogP contribution >= 0.6 is 0 Å². The summed E-state index contributed by atoms with van der Waals surface area (Å²) in [6.45, 7) is 3.29. The lowest BCUT2D eigenvalue weighted by Gasteiger charge is -2.26. The number of benzene rings is 1. The van der Waals surface area contributed by atoms with Gasteiger partial charge in [-0.25, -0.2) is 4.39 Å². The molecule has 1 aliphatic rings. The first-order chi connectivity index (χ1) is 9.50. The Hall–Kier alpha value is -1.62. The van der Waals surface area contributed by atoms with E-state index in [2.05, 4.69) is 0 Å². The highest BCUT2D eigenvalue weighted by atomic mass is 19.1. The van der Waals surface area contributed by atoms with Gasteiger partial charge in [0.25, 0.3) is 0 Å². The molecule has 0 bridgehead atoms. The quantitative estimate of drug-likeness (QED) is 0.916. The van der Waals surface area contributed by atoms with Crippen LogP contribution < -0.4 is 4.90 Å². The molecule has 1 N–H and O–H groups in total. The Labute approximate surface area is 118 Å². The molecule has 0 unspecified atom stereocenters. The van der Waals surface area contributed by atoms with E-state index in [0.717, 1.165) is 25.9 Å². The first-order valence-electron chi connectivity index (χ1n) is 6.96. The van der Waals surface area contributed by atoms with Crippen LogP contribution in [-0.2, 0) is 4.79 Å². The van der Waals surface area contributed by atoms with Crippen molar-refractivity contribution in [2.75, 3.05) is 31.6 Å². The fourth-order valence-electron chi connectivity index (χ4n) is 2.62. The van der Waals surface area contributed by atoms with Crippen LogP contribution in [0, 0.1) is 5.82 Å². The summed E-state index contributed by atoms with van der Waals surface area (Å²) in [4.78, 5) is 15.5. The number of carbonyl (C=O) groups excluding carboxylic acids is 1. The predicted molar refractivity (Wildman–Crippen MR) is 76.1 cm³/mol. The van der Waals surface area contributed by atoms with Crippen molar-refractivity contribution in [1.29, 1.82) is 0 Å². The maximum Gasteiger partial charge on any atom is 0.242 e. The van der Waals surface area contributed by atoms with E-state index >= 15 is 0 Å². The van der Waals surface area contributed by atoms with Gasteiger partial charge in [0.1, 0.15) is 5.82 Å². The molecule has 0 saturated carbocycles. The molecular weight excluding hydrogens is 259 g/mol. The minimum absolute atomic E-state index is 0.00444. The van der Waals surface area contributed by atoms with E-state index in [1.165, 1.54) is 6.07 Å². The summed E-state index contributed by atoms with van der Waals surface area (Å²) in [7, 11) is 1.68. The zero-order chi connectivity index (χ0) is 14.7. The number of nitrogens with zero attached hydrogens (tertiary/aromatic N) is 2. The van der Waals surface area contributed by atoms with Crippen LogP contribution in [0.3, 0.4) is 0 Å². The Morgan fingerprint density at radius 3 is 2.70 bits per heavy atom. The SMILES string of the molecule is C[C@H](O)c1cccc(F)c1N(C)CC(=O)N1CCCC1. The second kappa shape index (κ2) is 6.22. The van der Waals surface area contributed by atoms with Gasteiger partial charge in [0.2, 0.25) is 5.91 Å². The second-order valence-electron chi connectivity index (χ2n) is 5.30. The maximum absolute atomic E-state index is 14.0. The molecule has 1 aromatic carbocycles. The number of rotatable bonds is 4. The van der Waals surface area contributed by atoms with Crippen LogP contribution in [0.5, 0.6) is 0 Å². The van der Waals surface area contributed by atoms with Gasteiger partial charge in [-0.1, -0.05) is 12.1 Å². The van der Waals surface area contributed by atoms with Crippen molar-refractivity contribution in [1.82, 2.24) is 4.90 Å². The van der Waals surface area contributed by atoms with Crippen molar-refractivity contribution in [2.24, 2.45) is 0 Å². The van der Waals surface area contributed by atoms with Crippen LogP contribution in [-0.4, -0.2) is 42.6 Å². The first-order valence-corrected chi connectivity index (χ1v) is 6.96. The fraction of sp³-hybridized carbons (Fsp3) is 0.533. The Morgan fingerprint density at radius 2 is 2.10 bits per heavy atom. The van der Waals surface area contributed by atoms with Gasteiger partial charge < -0.3 is 14.9 Å². The van der Waals surface area contributed by atoms with Crippen molar-refractivity contribution < 1.29 is 14.3 Å². The lowest BCUT2D eigenvalue weighted by Crippen LogP contribution is -2.38. The van der Waals surface area contributed by atoms with Gasteiger partial charge in [-0.3, -0.25) is 4.79 Å². The van der Waals surface area contributed by atoms with Crippen molar-refractivity contribution >= 4 is 11.6 Å². The van der Waals surface area contributed by atoms with E-state index in [9.17, 15) is 14.3 Å². The number of halogens is 1. The number of likely N-dealkylation sites (N-methyl/N-ethyl adjacent to an activating group) is 1. The summed E-state index contributed by atoms with van der Waals surface area (Å²) in [6, 6.07) is 4.59. The summed E-state index contributed by atoms with van der Waals surface area (Å²) < 4.78 is 14.0. The number of hydrogen-bond acceptors (Lipinski definition) is 3. The molecular formula is C15H21FN2O2. The third-order valence-electron chi connectivity index (χ3n) is 3.68. The van der Waals surface area contributed by atoms with Crippen molar-refractivity contribution in [3.63, 3.8) is 0 Å². The summed E-state index contributed by atoms with van der Waals surface area (Å²) in [5.74, 6) is -0.412. The number of para-hydroxylation sites is 1. The van der Waals surface area contributed by atoms with Crippen LogP contribution in [0.2, 0.25) is 0 Å². The maximum atomic E-state index is 14.0. The Bertz CT molecular complexity index is 485. The first kappa shape index (κ1) is 14.8. The molecule has 1 amide bonds. The van der Waals surface area contributed by atoms with Gasteiger partial charge in [0.05, 0.1) is 18.3 Å². The molecule has 0 aliphatic carbocycles. The van der Waals surface area contributed by atoms with E-state index in [1.54, 1.807) is 35.9 Å². The fourth-order valence-corrected chi connectivity index (χ4v) is 2.62. The molecule has 110 valence electrons. The monoisotopic (exact) mass is 280 g/mol. The van der Waals surface area contributed by atoms with E-state index in [4.69, 9.17) is 0 Å². The lowest BCUT2D eigenvalue weighted by molar-refractivity contribution is -0.128. The van der Waals surface area contributed by atoms with Gasteiger partial charge in [0.15, 0.2) is 0 Å². The molecule has 0 aromatic heterocycles. The van der Waals surface area contributed by atoms with Crippen LogP contribution in [0.4, 0.5) is 10.1 Å². The molecule has 2 rings (SSSR count). The number of carbonyl (C=O) groups is 1. The molecule has 1 aromatic rings. The number of hydrogen-bond donors (Lipinski definition) is 1. The van der Waals surface area contributed by atoms with E-state index in [0.29, 0.717) is 11.3 Å². The van der Waals surface area contributed by atoms with Gasteiger partial charge in [-0.15, -0.1) is 0 Å². The average molecular weight is 280 g/mol. The number of amides is 1. The summed E-state index contributed by atoms with van der Waals surface area (Å²) in [6.07, 6.45) is 1.30. The number of aliphatic hydroxyl groups is 1. The number of likely N-dealkylation sites (tertiary alicyclic amines) is 1. The van der Waals surface area contributed by atoms with Gasteiger partial charge in [-0.05, 0) is 25.8 Å². The van der Waals surface area contributed by atoms with Crippen molar-refractivity contribution in [3.8, 4) is 0 Å².